The number of rotatable bonds is 13. The molecule has 0 aliphatic carbocycles. The zero-order chi connectivity index (χ0) is 27.3. The van der Waals surface area contributed by atoms with Gasteiger partial charge >= 0.3 is 0 Å². The molecule has 6 N–H and O–H groups in total. The molecule has 10 heteroatoms. The first kappa shape index (κ1) is 31.8. The first-order valence-corrected chi connectivity index (χ1v) is 13.5. The van der Waals surface area contributed by atoms with Gasteiger partial charge in [0.1, 0.15) is 48.8 Å². The number of aliphatic hydroxyl groups excluding tert-OH is 6. The zero-order valence-electron chi connectivity index (χ0n) is 22.7. The summed E-state index contributed by atoms with van der Waals surface area (Å²) >= 11 is 0. The molecule has 0 bridgehead atoms. The van der Waals surface area contributed by atoms with E-state index in [1.165, 1.54) is 0 Å². The first-order valence-electron chi connectivity index (χ1n) is 13.5. The molecule has 10 nitrogen and oxygen atoms in total. The quantitative estimate of drug-likeness (QED) is 0.205. The summed E-state index contributed by atoms with van der Waals surface area (Å²) in [5.41, 5.74) is -1.01. The van der Waals surface area contributed by atoms with Crippen LogP contribution in [0.1, 0.15) is 80.1 Å². The monoisotopic (exact) mass is 522 g/mol. The van der Waals surface area contributed by atoms with E-state index in [1.807, 2.05) is 41.5 Å². The molecule has 12 atom stereocenters. The number of ether oxygens (including phenoxy) is 4. The molecule has 2 fully saturated rings. The molecule has 0 aromatic heterocycles. The SMILES string of the molecule is CCCC(C)(CC)O[C@@H]1C(CO)O[C@@H](O[C@@H]2C(CO)O[C@@H](C(C)(CC)CCC)C(O)C2O)C(O)C1O. The lowest BCUT2D eigenvalue weighted by Crippen LogP contribution is -2.66. The molecule has 0 radical (unpaired) electrons. The number of hydrogen-bond donors (Lipinski definition) is 6. The summed E-state index contributed by atoms with van der Waals surface area (Å²) < 4.78 is 23.9. The van der Waals surface area contributed by atoms with Crippen LogP contribution in [-0.2, 0) is 18.9 Å². The molecule has 0 amide bonds. The highest BCUT2D eigenvalue weighted by atomic mass is 16.7. The normalized spacial score (nSPS) is 41.0. The third-order valence-corrected chi connectivity index (χ3v) is 8.24. The minimum absolute atomic E-state index is 0.429. The average molecular weight is 523 g/mol. The molecule has 2 saturated heterocycles. The van der Waals surface area contributed by atoms with Crippen LogP contribution in [0, 0.1) is 5.41 Å². The van der Waals surface area contributed by atoms with Crippen molar-refractivity contribution in [3.63, 3.8) is 0 Å². The van der Waals surface area contributed by atoms with Crippen molar-refractivity contribution in [3.8, 4) is 0 Å². The number of hydrogen-bond acceptors (Lipinski definition) is 10. The van der Waals surface area contributed by atoms with Gasteiger partial charge in [0.15, 0.2) is 6.29 Å². The van der Waals surface area contributed by atoms with Gasteiger partial charge in [0.25, 0.3) is 0 Å². The van der Waals surface area contributed by atoms with Gasteiger partial charge in [-0.2, -0.15) is 0 Å². The highest BCUT2D eigenvalue weighted by molar-refractivity contribution is 5.00. The zero-order valence-corrected chi connectivity index (χ0v) is 22.7. The minimum Gasteiger partial charge on any atom is -0.394 e. The van der Waals surface area contributed by atoms with Crippen LogP contribution >= 0.6 is 0 Å². The molecule has 0 spiro atoms. The molecular weight excluding hydrogens is 472 g/mol. The Morgan fingerprint density at radius 3 is 1.75 bits per heavy atom. The van der Waals surface area contributed by atoms with Gasteiger partial charge < -0.3 is 49.6 Å². The fourth-order valence-electron chi connectivity index (χ4n) is 5.56. The minimum atomic E-state index is -1.57. The van der Waals surface area contributed by atoms with Crippen LogP contribution in [-0.4, -0.2) is 111 Å². The van der Waals surface area contributed by atoms with Gasteiger partial charge in [-0.3, -0.25) is 0 Å². The van der Waals surface area contributed by atoms with Crippen molar-refractivity contribution < 1.29 is 49.6 Å². The van der Waals surface area contributed by atoms with E-state index in [9.17, 15) is 30.6 Å². The first-order chi connectivity index (χ1) is 16.9. The fraction of sp³-hybridized carbons (Fsp3) is 1.00. The third kappa shape index (κ3) is 6.77. The fourth-order valence-corrected chi connectivity index (χ4v) is 5.56. The Balaban J connectivity index is 2.21. The topological polar surface area (TPSA) is 158 Å². The summed E-state index contributed by atoms with van der Waals surface area (Å²) in [7, 11) is 0. The molecule has 214 valence electrons. The number of aliphatic hydroxyl groups is 6. The van der Waals surface area contributed by atoms with Gasteiger partial charge in [-0.25, -0.2) is 0 Å². The Labute approximate surface area is 215 Å². The van der Waals surface area contributed by atoms with Crippen LogP contribution in [0.25, 0.3) is 0 Å². The predicted octanol–water partition coefficient (Wildman–Crippen LogP) is 0.863. The van der Waals surface area contributed by atoms with E-state index in [0.717, 1.165) is 25.7 Å². The van der Waals surface area contributed by atoms with Gasteiger partial charge in [0.05, 0.1) is 24.9 Å². The molecule has 0 aromatic rings. The largest absolute Gasteiger partial charge is 0.394 e. The lowest BCUT2D eigenvalue weighted by molar-refractivity contribution is -0.355. The van der Waals surface area contributed by atoms with Gasteiger partial charge in [-0.1, -0.05) is 47.5 Å². The third-order valence-electron chi connectivity index (χ3n) is 8.24. The van der Waals surface area contributed by atoms with Crippen molar-refractivity contribution in [1.82, 2.24) is 0 Å². The van der Waals surface area contributed by atoms with Crippen molar-refractivity contribution >= 4 is 0 Å². The average Bonchev–Trinajstić information content (AvgIpc) is 2.86. The maximum Gasteiger partial charge on any atom is 0.187 e. The lowest BCUT2D eigenvalue weighted by atomic mass is 9.72. The van der Waals surface area contributed by atoms with Gasteiger partial charge in [0.2, 0.25) is 0 Å². The Morgan fingerprint density at radius 2 is 1.25 bits per heavy atom. The summed E-state index contributed by atoms with van der Waals surface area (Å²) in [6.07, 6.45) is -7.63. The molecule has 2 rings (SSSR count). The van der Waals surface area contributed by atoms with Crippen molar-refractivity contribution in [2.24, 2.45) is 5.41 Å². The smallest absolute Gasteiger partial charge is 0.187 e. The summed E-state index contributed by atoms with van der Waals surface area (Å²) in [5, 5.41) is 63.7. The van der Waals surface area contributed by atoms with Crippen LogP contribution in [0.4, 0.5) is 0 Å². The van der Waals surface area contributed by atoms with Gasteiger partial charge in [0, 0.05) is 0 Å². The molecule has 2 heterocycles. The molecule has 2 aliphatic rings. The summed E-state index contributed by atoms with van der Waals surface area (Å²) in [6, 6.07) is 0. The Morgan fingerprint density at radius 1 is 0.694 bits per heavy atom. The van der Waals surface area contributed by atoms with Crippen molar-refractivity contribution in [3.05, 3.63) is 0 Å². The summed E-state index contributed by atoms with van der Waals surface area (Å²) in [4.78, 5) is 0. The predicted molar refractivity (Wildman–Crippen MR) is 132 cm³/mol. The van der Waals surface area contributed by atoms with Crippen molar-refractivity contribution in [1.29, 1.82) is 0 Å². The van der Waals surface area contributed by atoms with Crippen LogP contribution in [0.5, 0.6) is 0 Å². The second-order valence-electron chi connectivity index (χ2n) is 11.0. The maximum absolute atomic E-state index is 11.0. The van der Waals surface area contributed by atoms with Crippen LogP contribution in [0.3, 0.4) is 0 Å². The molecule has 8 unspecified atom stereocenters. The maximum atomic E-state index is 11.0. The molecule has 0 saturated carbocycles. The van der Waals surface area contributed by atoms with Crippen LogP contribution in [0.15, 0.2) is 0 Å². The highest BCUT2D eigenvalue weighted by Gasteiger charge is 2.54. The second-order valence-corrected chi connectivity index (χ2v) is 11.0. The second kappa shape index (κ2) is 13.6. The van der Waals surface area contributed by atoms with Gasteiger partial charge in [-0.15, -0.1) is 0 Å². The molecule has 0 aromatic carbocycles. The molecular formula is C26H50O10. The van der Waals surface area contributed by atoms with Crippen molar-refractivity contribution in [2.45, 2.75) is 147 Å². The standard InChI is InChI=1S/C26H50O10/c1-7-11-25(5,9-3)23-19(31)17(29)21(15(13-27)33-23)35-24-20(32)18(30)22(16(14-28)34-24)36-26(6,10-4)12-8-2/h15-24,27-32H,7-14H2,1-6H3/t15?,16?,17?,18?,19?,20?,21-,22-,23-,24+,25?,26?/m1/s1. The highest BCUT2D eigenvalue weighted by Crippen LogP contribution is 2.41. The van der Waals surface area contributed by atoms with E-state index in [-0.39, 0.29) is 0 Å². The van der Waals surface area contributed by atoms with Gasteiger partial charge in [-0.05, 0) is 38.0 Å². The Kier molecular flexibility index (Phi) is 12.0. The van der Waals surface area contributed by atoms with E-state index in [0.29, 0.717) is 12.8 Å². The molecule has 36 heavy (non-hydrogen) atoms. The van der Waals surface area contributed by atoms with Crippen LogP contribution in [0.2, 0.25) is 0 Å². The van der Waals surface area contributed by atoms with Crippen molar-refractivity contribution in [2.75, 3.05) is 13.2 Å². The van der Waals surface area contributed by atoms with E-state index in [2.05, 4.69) is 0 Å². The van der Waals surface area contributed by atoms with Crippen LogP contribution < -0.4 is 0 Å². The molecule has 2 aliphatic heterocycles. The summed E-state index contributed by atoms with van der Waals surface area (Å²) in [5.74, 6) is 0. The van der Waals surface area contributed by atoms with E-state index in [4.69, 9.17) is 18.9 Å². The van der Waals surface area contributed by atoms with E-state index in [1.54, 1.807) is 0 Å². The van der Waals surface area contributed by atoms with E-state index < -0.39 is 85.5 Å². The van der Waals surface area contributed by atoms with E-state index >= 15 is 0 Å². The summed E-state index contributed by atoms with van der Waals surface area (Å²) in [6.45, 7) is 10.9. The lowest BCUT2D eigenvalue weighted by Gasteiger charge is -2.51. The Bertz CT molecular complexity index is 648. The Hall–Kier alpha value is -0.400.